The van der Waals surface area contributed by atoms with Crippen LogP contribution in [0.4, 0.5) is 30.7 Å². The predicted octanol–water partition coefficient (Wildman–Crippen LogP) is 7.98. The van der Waals surface area contributed by atoms with Crippen molar-refractivity contribution in [3.05, 3.63) is 109 Å². The van der Waals surface area contributed by atoms with Gasteiger partial charge in [-0.2, -0.15) is 55.3 Å². The minimum absolute atomic E-state index is 0.254. The summed E-state index contributed by atoms with van der Waals surface area (Å²) in [5.74, 6) is -2.37. The van der Waals surface area contributed by atoms with E-state index in [-0.39, 0.29) is 5.56 Å². The number of hydrogen-bond donors (Lipinski definition) is 0. The summed E-state index contributed by atoms with van der Waals surface area (Å²) >= 11 is 0. The number of nitrogens with zero attached hydrogens (tertiary/aromatic N) is 8. The molecule has 0 N–H and O–H groups in total. The van der Waals surface area contributed by atoms with Crippen LogP contribution in [0, 0.1) is 96.5 Å². The largest absolute Gasteiger partial charge is 0.573 e. The molecule has 9 nitrogen and oxygen atoms in total. The van der Waals surface area contributed by atoms with Crippen LogP contribution in [0.25, 0.3) is 33.4 Å². The molecule has 0 fully saturated rings. The van der Waals surface area contributed by atoms with E-state index in [9.17, 15) is 68.4 Å². The van der Waals surface area contributed by atoms with Crippen LogP contribution >= 0.6 is 0 Å². The third-order valence-corrected chi connectivity index (χ3v) is 7.82. The molecule has 0 bridgehead atoms. The first-order chi connectivity index (χ1) is 24.6. The van der Waals surface area contributed by atoms with Gasteiger partial charge in [-0.15, -0.1) is 13.2 Å². The van der Waals surface area contributed by atoms with Crippen molar-refractivity contribution in [3.63, 3.8) is 0 Å². The molecule has 16 heteroatoms. The normalized spacial score (nSPS) is 12.9. The molecule has 246 valence electrons. The van der Waals surface area contributed by atoms with Crippen LogP contribution in [0.2, 0.25) is 0 Å². The third-order valence-electron chi connectivity index (χ3n) is 7.82. The van der Waals surface area contributed by atoms with Gasteiger partial charge in [-0.1, -0.05) is 12.1 Å². The molecule has 0 saturated heterocycles. The molecule has 2 aliphatic carbocycles. The Balaban J connectivity index is 1.93. The van der Waals surface area contributed by atoms with Crippen LogP contribution in [-0.2, 0) is 6.18 Å². The SMILES string of the molecule is N#CC(C#N)=C1C(c2ccc(OC(F)(F)F)c(C#N)c2)=C(C#N)c2c1cc1c(c2F)C(=C(C#N)C#N)C(c2ccc(C#N)c(C(F)(F)F)c2)=C1C#N. The molecule has 0 amide bonds. The average molecular weight is 700 g/mol. The van der Waals surface area contributed by atoms with E-state index in [1.54, 1.807) is 24.3 Å². The van der Waals surface area contributed by atoms with E-state index in [1.165, 1.54) is 24.3 Å². The Labute approximate surface area is 287 Å². The summed E-state index contributed by atoms with van der Waals surface area (Å²) in [5.41, 5.74) is -10.7. The second-order valence-electron chi connectivity index (χ2n) is 10.4. The van der Waals surface area contributed by atoms with Crippen molar-refractivity contribution in [3.8, 4) is 54.3 Å². The second kappa shape index (κ2) is 12.7. The van der Waals surface area contributed by atoms with E-state index in [4.69, 9.17) is 0 Å². The van der Waals surface area contributed by atoms with E-state index < -0.39 is 113 Å². The lowest BCUT2D eigenvalue weighted by Crippen LogP contribution is -2.17. The first kappa shape index (κ1) is 35.2. The lowest BCUT2D eigenvalue weighted by Gasteiger charge is -2.14. The van der Waals surface area contributed by atoms with Crippen LogP contribution < -0.4 is 4.74 Å². The maximum atomic E-state index is 17.1. The first-order valence-electron chi connectivity index (χ1n) is 13.8. The molecule has 0 saturated carbocycles. The monoisotopic (exact) mass is 700 g/mol. The van der Waals surface area contributed by atoms with Crippen molar-refractivity contribution in [2.24, 2.45) is 0 Å². The molecule has 5 rings (SSSR count). The quantitative estimate of drug-likeness (QED) is 0.192. The van der Waals surface area contributed by atoms with Gasteiger partial charge in [-0.3, -0.25) is 0 Å². The maximum absolute atomic E-state index is 17.1. The zero-order valence-electron chi connectivity index (χ0n) is 25.2. The molecule has 3 aromatic carbocycles. The van der Waals surface area contributed by atoms with E-state index in [0.29, 0.717) is 12.1 Å². The van der Waals surface area contributed by atoms with Crippen molar-refractivity contribution < 1.29 is 35.5 Å². The molecule has 0 spiro atoms. The van der Waals surface area contributed by atoms with Gasteiger partial charge in [0.25, 0.3) is 0 Å². The van der Waals surface area contributed by atoms with Gasteiger partial charge in [0, 0.05) is 39.0 Å². The van der Waals surface area contributed by atoms with Crippen molar-refractivity contribution in [2.45, 2.75) is 12.5 Å². The molecule has 3 aromatic rings. The number of rotatable bonds is 3. The van der Waals surface area contributed by atoms with Gasteiger partial charge in [0.15, 0.2) is 0 Å². The van der Waals surface area contributed by atoms with Crippen LogP contribution in [0.5, 0.6) is 5.75 Å². The molecule has 2 aliphatic rings. The highest BCUT2D eigenvalue weighted by atomic mass is 19.4. The zero-order valence-corrected chi connectivity index (χ0v) is 25.2. The fourth-order valence-corrected chi connectivity index (χ4v) is 5.91. The van der Waals surface area contributed by atoms with Gasteiger partial charge in [-0.05, 0) is 47.0 Å². The Morgan fingerprint density at radius 3 is 1.62 bits per heavy atom. The van der Waals surface area contributed by atoms with E-state index in [2.05, 4.69) is 4.74 Å². The second-order valence-corrected chi connectivity index (χ2v) is 10.4. The maximum Gasteiger partial charge on any atom is 0.573 e. The Kier molecular flexibility index (Phi) is 8.59. The highest BCUT2D eigenvalue weighted by molar-refractivity contribution is 6.30. The average Bonchev–Trinajstić information content (AvgIpc) is 3.61. The fraction of sp³-hybridized carbons (Fsp3) is 0.0556. The highest BCUT2D eigenvalue weighted by Gasteiger charge is 2.42. The molecule has 0 atom stereocenters. The van der Waals surface area contributed by atoms with Crippen LogP contribution in [-0.4, -0.2) is 6.36 Å². The summed E-state index contributed by atoms with van der Waals surface area (Å²) in [6, 6.07) is 18.2. The topological polar surface area (TPSA) is 200 Å². The molecule has 0 radical (unpaired) electrons. The zero-order chi connectivity index (χ0) is 38.3. The number of hydrogen-bond acceptors (Lipinski definition) is 9. The molecule has 0 unspecified atom stereocenters. The van der Waals surface area contributed by atoms with Gasteiger partial charge in [0.05, 0.1) is 33.9 Å². The van der Waals surface area contributed by atoms with Gasteiger partial charge >= 0.3 is 12.5 Å². The third kappa shape index (κ3) is 5.48. The summed E-state index contributed by atoms with van der Waals surface area (Å²) in [7, 11) is 0. The molecular formula is C36H7F7N8O. The Bertz CT molecular complexity index is 2640. The van der Waals surface area contributed by atoms with Gasteiger partial charge in [0.1, 0.15) is 65.2 Å². The highest BCUT2D eigenvalue weighted by Crippen LogP contribution is 2.56. The van der Waals surface area contributed by atoms with E-state index in [1.807, 2.05) is 0 Å². The summed E-state index contributed by atoms with van der Waals surface area (Å²) in [6.45, 7) is 0. The number of ether oxygens (including phenoxy) is 1. The van der Waals surface area contributed by atoms with E-state index in [0.717, 1.165) is 30.3 Å². The van der Waals surface area contributed by atoms with E-state index >= 15 is 4.39 Å². The minimum atomic E-state index is -5.22. The van der Waals surface area contributed by atoms with Crippen LogP contribution in [0.1, 0.15) is 50.1 Å². The van der Waals surface area contributed by atoms with Crippen molar-refractivity contribution in [1.29, 1.82) is 42.1 Å². The Morgan fingerprint density at radius 1 is 0.558 bits per heavy atom. The van der Waals surface area contributed by atoms with Gasteiger partial charge in [-0.25, -0.2) is 4.39 Å². The number of fused-ring (bicyclic) bond motifs is 2. The minimum Gasteiger partial charge on any atom is -0.404 e. The van der Waals surface area contributed by atoms with Crippen molar-refractivity contribution in [2.75, 3.05) is 0 Å². The molecule has 0 aromatic heterocycles. The molecular weight excluding hydrogens is 693 g/mol. The summed E-state index contributed by atoms with van der Waals surface area (Å²) in [6.07, 6.45) is -10.3. The summed E-state index contributed by atoms with van der Waals surface area (Å²) < 4.78 is 102. The predicted molar refractivity (Wildman–Crippen MR) is 162 cm³/mol. The number of halogens is 7. The van der Waals surface area contributed by atoms with Gasteiger partial charge < -0.3 is 4.74 Å². The van der Waals surface area contributed by atoms with Crippen molar-refractivity contribution >= 4 is 33.4 Å². The number of benzene rings is 3. The smallest absolute Gasteiger partial charge is 0.404 e. The van der Waals surface area contributed by atoms with Gasteiger partial charge in [0.2, 0.25) is 0 Å². The molecule has 0 heterocycles. The summed E-state index contributed by atoms with van der Waals surface area (Å²) in [5, 5.41) is 79.0. The lowest BCUT2D eigenvalue weighted by atomic mass is 9.89. The Morgan fingerprint density at radius 2 is 1.10 bits per heavy atom. The standard InChI is InChI=1S/C36H7F7N8O/c37-34-32-23(30(20(10-46)11-47)29(25(32)15-51)16-3-4-27(19(5-16)9-45)52-36(41,42)43)7-22-24(14-50)28(31(33(22)34)21(12-48)13-49)17-1-2-18(8-44)26(6-17)35(38,39)40/h1-7H. The van der Waals surface area contributed by atoms with Crippen LogP contribution in [0.15, 0.2) is 53.6 Å². The lowest BCUT2D eigenvalue weighted by molar-refractivity contribution is -0.274. The van der Waals surface area contributed by atoms with Crippen LogP contribution in [0.3, 0.4) is 0 Å². The summed E-state index contributed by atoms with van der Waals surface area (Å²) in [4.78, 5) is 0. The fourth-order valence-electron chi connectivity index (χ4n) is 5.91. The Hall–Kier alpha value is -8.15. The number of nitriles is 8. The molecule has 52 heavy (non-hydrogen) atoms. The van der Waals surface area contributed by atoms with Crippen molar-refractivity contribution in [1.82, 2.24) is 0 Å². The number of allylic oxidation sites excluding steroid dienone is 8. The first-order valence-corrected chi connectivity index (χ1v) is 13.8. The number of alkyl halides is 6. The molecule has 0 aliphatic heterocycles.